The molecule has 4 nitrogen and oxygen atoms in total. The van der Waals surface area contributed by atoms with E-state index in [1.807, 2.05) is 41.3 Å². The lowest BCUT2D eigenvalue weighted by Gasteiger charge is -2.34. The van der Waals surface area contributed by atoms with Gasteiger partial charge in [-0.25, -0.2) is 0 Å². The number of halogens is 1. The van der Waals surface area contributed by atoms with Crippen molar-refractivity contribution in [2.45, 2.75) is 25.8 Å². The normalized spacial score (nSPS) is 17.8. The van der Waals surface area contributed by atoms with Crippen LogP contribution in [0.5, 0.6) is 5.75 Å². The molecule has 132 valence electrons. The third-order valence-corrected chi connectivity index (χ3v) is 5.33. The van der Waals surface area contributed by atoms with Gasteiger partial charge < -0.3 is 15.4 Å². The molecule has 0 aromatic heterocycles. The Hall–Kier alpha value is -1.85. The average molecular weight is 403 g/mol. The Kier molecular flexibility index (Phi) is 5.45. The molecule has 3 rings (SSSR count). The Bertz CT molecular complexity index is 778. The molecule has 1 aliphatic rings. The molecule has 1 aliphatic heterocycles. The van der Waals surface area contributed by atoms with Crippen LogP contribution in [-0.2, 0) is 11.2 Å². The molecule has 0 fully saturated rings. The van der Waals surface area contributed by atoms with Gasteiger partial charge in [-0.3, -0.25) is 4.79 Å². The van der Waals surface area contributed by atoms with Crippen LogP contribution in [0.3, 0.4) is 0 Å². The predicted octanol–water partition coefficient (Wildman–Crippen LogP) is 4.07. The van der Waals surface area contributed by atoms with Gasteiger partial charge in [-0.15, -0.1) is 0 Å². The van der Waals surface area contributed by atoms with E-state index in [9.17, 15) is 4.79 Å². The zero-order chi connectivity index (χ0) is 18.0. The lowest BCUT2D eigenvalue weighted by Crippen LogP contribution is -2.40. The highest BCUT2D eigenvalue weighted by atomic mass is 79.9. The summed E-state index contributed by atoms with van der Waals surface area (Å²) in [6.45, 7) is 2.92. The van der Waals surface area contributed by atoms with Crippen LogP contribution < -0.4 is 15.4 Å². The number of amides is 1. The standard InChI is InChI=1S/C20H23BrN2O2/c1-13-9-14-5-3-4-6-19(14)23(12-13)20(24)11-18(22)16-8-7-15(25-2)10-17(16)21/h3-8,10,13,18H,9,11-12,22H2,1-2H3. The van der Waals surface area contributed by atoms with Gasteiger partial charge in [-0.1, -0.05) is 47.1 Å². The molecule has 25 heavy (non-hydrogen) atoms. The van der Waals surface area contributed by atoms with Crippen LogP contribution in [0.4, 0.5) is 5.69 Å². The number of benzene rings is 2. The molecule has 2 unspecified atom stereocenters. The van der Waals surface area contributed by atoms with Gasteiger partial charge in [-0.05, 0) is 41.7 Å². The second-order valence-corrected chi connectivity index (χ2v) is 7.49. The van der Waals surface area contributed by atoms with E-state index in [1.54, 1.807) is 7.11 Å². The van der Waals surface area contributed by atoms with E-state index < -0.39 is 0 Å². The topological polar surface area (TPSA) is 55.6 Å². The number of nitrogens with zero attached hydrogens (tertiary/aromatic N) is 1. The number of para-hydroxylation sites is 1. The van der Waals surface area contributed by atoms with Crippen LogP contribution in [0.2, 0.25) is 0 Å². The summed E-state index contributed by atoms with van der Waals surface area (Å²) in [5.41, 5.74) is 9.49. The second-order valence-electron chi connectivity index (χ2n) is 6.64. The van der Waals surface area contributed by atoms with Crippen molar-refractivity contribution in [3.63, 3.8) is 0 Å². The minimum atomic E-state index is -0.364. The van der Waals surface area contributed by atoms with Gasteiger partial charge in [0.25, 0.3) is 0 Å². The first-order chi connectivity index (χ1) is 12.0. The fraction of sp³-hybridized carbons (Fsp3) is 0.350. The zero-order valence-electron chi connectivity index (χ0n) is 14.5. The summed E-state index contributed by atoms with van der Waals surface area (Å²) in [6.07, 6.45) is 1.28. The summed E-state index contributed by atoms with van der Waals surface area (Å²) in [7, 11) is 1.62. The lowest BCUT2D eigenvalue weighted by atomic mass is 9.93. The quantitative estimate of drug-likeness (QED) is 0.837. The van der Waals surface area contributed by atoms with Crippen molar-refractivity contribution in [3.05, 3.63) is 58.1 Å². The maximum Gasteiger partial charge on any atom is 0.228 e. The van der Waals surface area contributed by atoms with Crippen molar-refractivity contribution in [1.29, 1.82) is 0 Å². The van der Waals surface area contributed by atoms with Crippen LogP contribution >= 0.6 is 15.9 Å². The maximum atomic E-state index is 12.9. The van der Waals surface area contributed by atoms with Gasteiger partial charge in [0.15, 0.2) is 0 Å². The summed E-state index contributed by atoms with van der Waals surface area (Å²) >= 11 is 3.52. The molecule has 0 aliphatic carbocycles. The monoisotopic (exact) mass is 402 g/mol. The van der Waals surface area contributed by atoms with E-state index in [4.69, 9.17) is 10.5 Å². The molecule has 2 aromatic rings. The molecule has 0 radical (unpaired) electrons. The number of nitrogens with two attached hydrogens (primary N) is 1. The Labute approximate surface area is 157 Å². The molecule has 5 heteroatoms. The number of fused-ring (bicyclic) bond motifs is 1. The first kappa shape index (κ1) is 18.0. The summed E-state index contributed by atoms with van der Waals surface area (Å²) < 4.78 is 6.07. The molecule has 0 saturated heterocycles. The highest BCUT2D eigenvalue weighted by Gasteiger charge is 2.27. The summed E-state index contributed by atoms with van der Waals surface area (Å²) in [6, 6.07) is 13.4. The molecular weight excluding hydrogens is 380 g/mol. The number of carbonyl (C=O) groups excluding carboxylic acids is 1. The Morgan fingerprint density at radius 2 is 2.12 bits per heavy atom. The Morgan fingerprint density at radius 1 is 1.36 bits per heavy atom. The van der Waals surface area contributed by atoms with Crippen LogP contribution in [0.15, 0.2) is 46.9 Å². The smallest absolute Gasteiger partial charge is 0.228 e. The van der Waals surface area contributed by atoms with Crippen LogP contribution in [-0.4, -0.2) is 19.6 Å². The van der Waals surface area contributed by atoms with Gasteiger partial charge in [0.1, 0.15) is 5.75 Å². The fourth-order valence-corrected chi connectivity index (χ4v) is 4.03. The van der Waals surface area contributed by atoms with Crippen molar-refractivity contribution in [2.24, 2.45) is 11.7 Å². The molecular formula is C20H23BrN2O2. The molecule has 2 N–H and O–H groups in total. The number of methoxy groups -OCH3 is 1. The first-order valence-corrected chi connectivity index (χ1v) is 9.26. The molecule has 2 aromatic carbocycles. The molecule has 0 spiro atoms. The fourth-order valence-electron chi connectivity index (χ4n) is 3.38. The Balaban J connectivity index is 1.78. The minimum Gasteiger partial charge on any atom is -0.497 e. The van der Waals surface area contributed by atoms with E-state index >= 15 is 0 Å². The van der Waals surface area contributed by atoms with Gasteiger partial charge in [0.05, 0.1) is 7.11 Å². The van der Waals surface area contributed by atoms with E-state index in [1.165, 1.54) is 5.56 Å². The largest absolute Gasteiger partial charge is 0.497 e. The van der Waals surface area contributed by atoms with E-state index in [-0.39, 0.29) is 18.4 Å². The van der Waals surface area contributed by atoms with E-state index in [0.717, 1.165) is 34.4 Å². The number of ether oxygens (including phenoxy) is 1. The maximum absolute atomic E-state index is 12.9. The summed E-state index contributed by atoms with van der Waals surface area (Å²) in [5, 5.41) is 0. The minimum absolute atomic E-state index is 0.0641. The molecule has 1 heterocycles. The molecule has 0 saturated carbocycles. The summed E-state index contributed by atoms with van der Waals surface area (Å²) in [4.78, 5) is 14.8. The van der Waals surface area contributed by atoms with Crippen molar-refractivity contribution in [3.8, 4) is 5.75 Å². The van der Waals surface area contributed by atoms with E-state index in [0.29, 0.717) is 5.92 Å². The van der Waals surface area contributed by atoms with Crippen LogP contribution in [0.25, 0.3) is 0 Å². The van der Waals surface area contributed by atoms with Crippen LogP contribution in [0.1, 0.15) is 30.5 Å². The van der Waals surface area contributed by atoms with Gasteiger partial charge in [-0.2, -0.15) is 0 Å². The van der Waals surface area contributed by atoms with Gasteiger partial charge >= 0.3 is 0 Å². The SMILES string of the molecule is COc1ccc(C(N)CC(=O)N2CC(C)Cc3ccccc32)c(Br)c1. The number of hydrogen-bond acceptors (Lipinski definition) is 3. The van der Waals surface area contributed by atoms with E-state index in [2.05, 4.69) is 28.9 Å². The summed E-state index contributed by atoms with van der Waals surface area (Å²) in [5.74, 6) is 1.27. The number of hydrogen-bond donors (Lipinski definition) is 1. The highest BCUT2D eigenvalue weighted by molar-refractivity contribution is 9.10. The van der Waals surface area contributed by atoms with Crippen LogP contribution in [0, 0.1) is 5.92 Å². The zero-order valence-corrected chi connectivity index (χ0v) is 16.1. The number of carbonyl (C=O) groups is 1. The predicted molar refractivity (Wildman–Crippen MR) is 104 cm³/mol. The second kappa shape index (κ2) is 7.58. The third-order valence-electron chi connectivity index (χ3n) is 4.65. The highest BCUT2D eigenvalue weighted by Crippen LogP contribution is 2.32. The Morgan fingerprint density at radius 3 is 2.84 bits per heavy atom. The molecule has 2 atom stereocenters. The average Bonchev–Trinajstić information content (AvgIpc) is 2.60. The molecule has 1 amide bonds. The lowest BCUT2D eigenvalue weighted by molar-refractivity contribution is -0.119. The van der Waals surface area contributed by atoms with Crippen molar-refractivity contribution < 1.29 is 9.53 Å². The van der Waals surface area contributed by atoms with Crippen molar-refractivity contribution >= 4 is 27.5 Å². The van der Waals surface area contributed by atoms with Crippen molar-refractivity contribution in [2.75, 3.05) is 18.6 Å². The van der Waals surface area contributed by atoms with Crippen molar-refractivity contribution in [1.82, 2.24) is 0 Å². The first-order valence-electron chi connectivity index (χ1n) is 8.47. The van der Waals surface area contributed by atoms with Gasteiger partial charge in [0, 0.05) is 29.2 Å². The van der Waals surface area contributed by atoms with Gasteiger partial charge in [0.2, 0.25) is 5.91 Å². The number of anilines is 1. The molecule has 0 bridgehead atoms. The third kappa shape index (κ3) is 3.88. The number of rotatable bonds is 4.